The van der Waals surface area contributed by atoms with Gasteiger partial charge in [0.1, 0.15) is 12.1 Å². The minimum absolute atomic E-state index is 0.133. The Morgan fingerprint density at radius 1 is 1.16 bits per heavy atom. The summed E-state index contributed by atoms with van der Waals surface area (Å²) in [6, 6.07) is 9.54. The van der Waals surface area contributed by atoms with Crippen molar-refractivity contribution in [1.29, 1.82) is 0 Å². The average Bonchev–Trinajstić information content (AvgIpc) is 3.37. The van der Waals surface area contributed by atoms with Crippen LogP contribution in [-0.2, 0) is 11.3 Å². The van der Waals surface area contributed by atoms with Crippen LogP contribution in [0.1, 0.15) is 18.4 Å². The van der Waals surface area contributed by atoms with Gasteiger partial charge in [-0.2, -0.15) is 13.9 Å². The molecule has 0 atom stereocenters. The van der Waals surface area contributed by atoms with Gasteiger partial charge in [0.2, 0.25) is 5.91 Å². The Morgan fingerprint density at radius 2 is 1.91 bits per heavy atom. The molecule has 1 fully saturated rings. The molecule has 1 amide bonds. The maximum atomic E-state index is 12.9. The quantitative estimate of drug-likeness (QED) is 0.635. The van der Waals surface area contributed by atoms with Crippen LogP contribution in [0.2, 0.25) is 0 Å². The molecule has 3 aromatic rings. The zero-order valence-corrected chi connectivity index (χ0v) is 17.5. The topological polar surface area (TPSA) is 99.0 Å². The molecule has 0 spiro atoms. The fraction of sp³-hybridized carbons (Fsp3) is 0.273. The Bertz CT molecular complexity index is 1240. The van der Waals surface area contributed by atoms with Crippen LogP contribution in [0.25, 0.3) is 16.9 Å². The number of aryl methyl sites for hydroxylation is 1. The molecule has 1 aliphatic rings. The highest BCUT2D eigenvalue weighted by atomic mass is 19.3. The van der Waals surface area contributed by atoms with Crippen molar-refractivity contribution in [3.05, 3.63) is 70.6 Å². The highest BCUT2D eigenvalue weighted by Gasteiger charge is 2.21. The number of rotatable bonds is 6. The average molecular weight is 440 g/mol. The summed E-state index contributed by atoms with van der Waals surface area (Å²) in [5.41, 5.74) is 7.73. The van der Waals surface area contributed by atoms with E-state index < -0.39 is 11.8 Å². The largest absolute Gasteiger partial charge is 0.351 e. The number of hydrogen-bond donors (Lipinski definition) is 1. The second-order valence-corrected chi connectivity index (χ2v) is 7.57. The number of hydrogen-bond acceptors (Lipinski definition) is 5. The van der Waals surface area contributed by atoms with Crippen molar-refractivity contribution in [1.82, 2.24) is 19.3 Å². The smallest absolute Gasteiger partial charge is 0.327 e. The van der Waals surface area contributed by atoms with Crippen molar-refractivity contribution in [3.8, 4) is 16.9 Å². The van der Waals surface area contributed by atoms with E-state index in [1.807, 2.05) is 30.3 Å². The Balaban J connectivity index is 1.59. The van der Waals surface area contributed by atoms with Crippen LogP contribution in [0.4, 0.5) is 14.5 Å². The van der Waals surface area contributed by atoms with Gasteiger partial charge < -0.3 is 10.6 Å². The van der Waals surface area contributed by atoms with E-state index in [4.69, 9.17) is 5.73 Å². The van der Waals surface area contributed by atoms with E-state index >= 15 is 0 Å². The predicted molar refractivity (Wildman–Crippen MR) is 116 cm³/mol. The second kappa shape index (κ2) is 8.83. The Kier molecular flexibility index (Phi) is 5.95. The van der Waals surface area contributed by atoms with Crippen LogP contribution in [0.5, 0.6) is 0 Å². The molecule has 1 aromatic carbocycles. The number of halogens is 2. The number of nitrogens with zero attached hydrogens (tertiary/aromatic N) is 5. The van der Waals surface area contributed by atoms with Crippen LogP contribution in [0.15, 0.2) is 59.3 Å². The van der Waals surface area contributed by atoms with Crippen LogP contribution in [0.3, 0.4) is 0 Å². The maximum Gasteiger partial charge on any atom is 0.351 e. The number of carbonyl (C=O) groups excluding carboxylic acids is 1. The monoisotopic (exact) mass is 440 g/mol. The number of aromatic nitrogens is 4. The van der Waals surface area contributed by atoms with Crippen molar-refractivity contribution in [2.75, 3.05) is 18.0 Å². The lowest BCUT2D eigenvalue weighted by Crippen LogP contribution is -2.27. The van der Waals surface area contributed by atoms with E-state index in [9.17, 15) is 18.4 Å². The number of carbonyl (C=O) groups is 1. The van der Waals surface area contributed by atoms with Gasteiger partial charge in [-0.05, 0) is 42.7 Å². The molecule has 32 heavy (non-hydrogen) atoms. The van der Waals surface area contributed by atoms with E-state index in [1.54, 1.807) is 18.0 Å². The molecule has 2 N–H and O–H groups in total. The molecule has 166 valence electrons. The molecule has 4 rings (SSSR count). The third-order valence-corrected chi connectivity index (χ3v) is 5.45. The summed E-state index contributed by atoms with van der Waals surface area (Å²) in [4.78, 5) is 30.7. The SMILES string of the molecule is Cc1cc(-c2ccc(N3CCCC3=O)cc2)cnc1-n1cnn(CC(CN)=C(F)F)c1=O. The number of pyridine rings is 1. The molecular formula is C22H22F2N6O2. The summed E-state index contributed by atoms with van der Waals surface area (Å²) in [7, 11) is 0. The van der Waals surface area contributed by atoms with Crippen LogP contribution in [0, 0.1) is 6.92 Å². The predicted octanol–water partition coefficient (Wildman–Crippen LogP) is 2.64. The van der Waals surface area contributed by atoms with Crippen molar-refractivity contribution in [2.24, 2.45) is 5.73 Å². The van der Waals surface area contributed by atoms with Crippen LogP contribution in [-0.4, -0.2) is 38.3 Å². The van der Waals surface area contributed by atoms with Gasteiger partial charge in [0.15, 0.2) is 0 Å². The molecule has 8 nitrogen and oxygen atoms in total. The van der Waals surface area contributed by atoms with Crippen LogP contribution < -0.4 is 16.3 Å². The number of anilines is 1. The van der Waals surface area contributed by atoms with Gasteiger partial charge in [-0.25, -0.2) is 19.0 Å². The third kappa shape index (κ3) is 4.09. The van der Waals surface area contributed by atoms with E-state index in [2.05, 4.69) is 10.1 Å². The molecule has 0 bridgehead atoms. The number of benzene rings is 1. The molecule has 0 unspecified atom stereocenters. The minimum Gasteiger partial charge on any atom is -0.327 e. The van der Waals surface area contributed by atoms with Gasteiger partial charge in [-0.3, -0.25) is 4.79 Å². The molecule has 2 aromatic heterocycles. The highest BCUT2D eigenvalue weighted by Crippen LogP contribution is 2.27. The lowest BCUT2D eigenvalue weighted by Gasteiger charge is -2.16. The van der Waals surface area contributed by atoms with E-state index in [0.717, 1.165) is 34.5 Å². The molecule has 1 saturated heterocycles. The van der Waals surface area contributed by atoms with Gasteiger partial charge in [0, 0.05) is 42.5 Å². The number of nitrogens with two attached hydrogens (primary N) is 1. The summed E-state index contributed by atoms with van der Waals surface area (Å²) < 4.78 is 27.9. The Morgan fingerprint density at radius 3 is 2.50 bits per heavy atom. The lowest BCUT2D eigenvalue weighted by molar-refractivity contribution is -0.117. The second-order valence-electron chi connectivity index (χ2n) is 7.57. The molecule has 1 aliphatic heterocycles. The van der Waals surface area contributed by atoms with Gasteiger partial charge in [0.25, 0.3) is 6.08 Å². The first-order chi connectivity index (χ1) is 15.4. The summed E-state index contributed by atoms with van der Waals surface area (Å²) in [5.74, 6) is 0.497. The van der Waals surface area contributed by atoms with E-state index in [0.29, 0.717) is 17.8 Å². The van der Waals surface area contributed by atoms with Crippen LogP contribution >= 0.6 is 0 Å². The third-order valence-electron chi connectivity index (χ3n) is 5.45. The van der Waals surface area contributed by atoms with E-state index in [1.165, 1.54) is 10.9 Å². The van der Waals surface area contributed by atoms with Gasteiger partial charge in [0.05, 0.1) is 6.54 Å². The summed E-state index contributed by atoms with van der Waals surface area (Å²) in [5, 5.41) is 3.91. The highest BCUT2D eigenvalue weighted by molar-refractivity contribution is 5.95. The first-order valence-electron chi connectivity index (χ1n) is 10.1. The number of amides is 1. The van der Waals surface area contributed by atoms with Crippen molar-refractivity contribution >= 4 is 11.6 Å². The van der Waals surface area contributed by atoms with Crippen molar-refractivity contribution < 1.29 is 13.6 Å². The van der Waals surface area contributed by atoms with Gasteiger partial charge in [-0.1, -0.05) is 12.1 Å². The van der Waals surface area contributed by atoms with E-state index in [-0.39, 0.29) is 24.6 Å². The van der Waals surface area contributed by atoms with Gasteiger partial charge in [-0.15, -0.1) is 0 Å². The molecule has 3 heterocycles. The lowest BCUT2D eigenvalue weighted by atomic mass is 10.1. The zero-order valence-electron chi connectivity index (χ0n) is 17.5. The molecule has 0 radical (unpaired) electrons. The fourth-order valence-corrected chi connectivity index (χ4v) is 3.71. The zero-order chi connectivity index (χ0) is 22.8. The molecule has 0 aliphatic carbocycles. The Labute approximate surface area is 182 Å². The summed E-state index contributed by atoms with van der Waals surface area (Å²) in [6.45, 7) is 1.79. The maximum absolute atomic E-state index is 12.9. The minimum atomic E-state index is -1.91. The van der Waals surface area contributed by atoms with Crippen molar-refractivity contribution in [2.45, 2.75) is 26.3 Å². The summed E-state index contributed by atoms with van der Waals surface area (Å²) >= 11 is 0. The molecule has 10 heteroatoms. The fourth-order valence-electron chi connectivity index (χ4n) is 3.71. The normalized spacial score (nSPS) is 13.6. The van der Waals surface area contributed by atoms with Crippen molar-refractivity contribution in [3.63, 3.8) is 0 Å². The Hall–Kier alpha value is -3.66. The molecule has 0 saturated carbocycles. The molecular weight excluding hydrogens is 418 g/mol. The van der Waals surface area contributed by atoms with Gasteiger partial charge >= 0.3 is 5.69 Å². The summed E-state index contributed by atoms with van der Waals surface area (Å²) in [6.07, 6.45) is 2.42. The first kappa shape index (κ1) is 21.6. The standard InChI is InChI=1S/C22H22F2N6O2/c1-14-9-16(15-4-6-18(7-5-15)28-8-2-3-19(28)31)11-26-21(14)29-13-27-30(22(29)32)12-17(10-25)20(23)24/h4-7,9,11,13H,2-3,8,10,12,25H2,1H3. The first-order valence-corrected chi connectivity index (χ1v) is 10.1.